The molecule has 6 heteroatoms. The quantitative estimate of drug-likeness (QED) is 0.719. The number of para-hydroxylation sites is 2. The zero-order chi connectivity index (χ0) is 20.9. The number of piperidine rings is 1. The Morgan fingerprint density at radius 2 is 2.07 bits per heavy atom. The average molecular weight is 405 g/mol. The van der Waals surface area contributed by atoms with Crippen molar-refractivity contribution < 1.29 is 9.84 Å². The summed E-state index contributed by atoms with van der Waals surface area (Å²) < 4.78 is 7.87. The third-order valence-corrected chi connectivity index (χ3v) is 7.11. The topological polar surface area (TPSA) is 73.8 Å². The molecular weight excluding hydrogens is 376 g/mol. The Morgan fingerprint density at radius 1 is 1.30 bits per heavy atom. The summed E-state index contributed by atoms with van der Waals surface area (Å²) >= 11 is 0. The second-order valence-electron chi connectivity index (χ2n) is 9.12. The summed E-state index contributed by atoms with van der Waals surface area (Å²) in [7, 11) is 0. The summed E-state index contributed by atoms with van der Waals surface area (Å²) in [6, 6.07) is 10.6. The van der Waals surface area contributed by atoms with E-state index < -0.39 is 0 Å². The maximum absolute atomic E-state index is 10.1. The van der Waals surface area contributed by atoms with Crippen molar-refractivity contribution in [2.24, 2.45) is 5.41 Å². The molecule has 2 saturated heterocycles. The molecule has 4 heterocycles. The summed E-state index contributed by atoms with van der Waals surface area (Å²) in [4.78, 5) is 7.32. The molecule has 1 unspecified atom stereocenters. The number of pyridine rings is 1. The molecule has 5 rings (SSSR count). The molecule has 2 aliphatic heterocycles. The van der Waals surface area contributed by atoms with E-state index in [1.165, 1.54) is 0 Å². The van der Waals surface area contributed by atoms with Crippen molar-refractivity contribution in [1.82, 2.24) is 9.38 Å². The first kappa shape index (κ1) is 19.3. The molecule has 0 aliphatic carbocycles. The fraction of sp³-hybridized carbons (Fsp3) is 0.500. The predicted molar refractivity (Wildman–Crippen MR) is 117 cm³/mol. The van der Waals surface area contributed by atoms with Gasteiger partial charge >= 0.3 is 0 Å². The van der Waals surface area contributed by atoms with Crippen molar-refractivity contribution >= 4 is 22.5 Å². The largest absolute Gasteiger partial charge is 0.396 e. The first-order valence-corrected chi connectivity index (χ1v) is 10.8. The van der Waals surface area contributed by atoms with Gasteiger partial charge in [0.05, 0.1) is 23.2 Å². The van der Waals surface area contributed by atoms with Gasteiger partial charge < -0.3 is 14.7 Å². The molecular formula is C24H28N4O2. The smallest absolute Gasteiger partial charge is 0.157 e. The molecule has 156 valence electrons. The number of aliphatic hydroxyl groups is 1. The van der Waals surface area contributed by atoms with E-state index in [9.17, 15) is 10.4 Å². The molecule has 1 N–H and O–H groups in total. The summed E-state index contributed by atoms with van der Waals surface area (Å²) in [6.45, 7) is 7.70. The first-order valence-electron chi connectivity index (χ1n) is 10.8. The number of anilines is 1. The van der Waals surface area contributed by atoms with Crippen LogP contribution < -0.4 is 4.90 Å². The molecule has 0 spiro atoms. The lowest BCUT2D eigenvalue weighted by Crippen LogP contribution is -2.41. The van der Waals surface area contributed by atoms with E-state index in [-0.39, 0.29) is 17.9 Å². The standard InChI is InChI=1S/C24H28N4O2/c1-16-21(17-7-12-30-14-17)18(13-25)22-26-19-5-3-4-6-20(19)28(22)23(16)27-10-8-24(2,15-29)9-11-27/h3-6,17,29H,7-12,14-15H2,1-2H3. The minimum absolute atomic E-state index is 0.0186. The van der Waals surface area contributed by atoms with Gasteiger partial charge in [0.25, 0.3) is 0 Å². The fourth-order valence-corrected chi connectivity index (χ4v) is 5.18. The van der Waals surface area contributed by atoms with Crippen molar-refractivity contribution in [2.75, 3.05) is 37.8 Å². The maximum atomic E-state index is 10.1. The Kier molecular flexibility index (Phi) is 4.68. The lowest BCUT2D eigenvalue weighted by molar-refractivity contribution is 0.114. The van der Waals surface area contributed by atoms with Crippen molar-refractivity contribution in [2.45, 2.75) is 39.0 Å². The SMILES string of the molecule is Cc1c(C2CCOC2)c(C#N)c2nc3ccccc3n2c1N1CCC(C)(CO)CC1. The van der Waals surface area contributed by atoms with Crippen LogP contribution in [0, 0.1) is 23.7 Å². The van der Waals surface area contributed by atoms with E-state index in [0.29, 0.717) is 12.2 Å². The zero-order valence-corrected chi connectivity index (χ0v) is 17.7. The van der Waals surface area contributed by atoms with Crippen molar-refractivity contribution in [3.8, 4) is 6.07 Å². The van der Waals surface area contributed by atoms with Crippen LogP contribution in [0.1, 0.15) is 48.8 Å². The van der Waals surface area contributed by atoms with E-state index in [1.54, 1.807) is 0 Å². The third kappa shape index (κ3) is 2.88. The number of nitriles is 1. The fourth-order valence-electron chi connectivity index (χ4n) is 5.18. The number of fused-ring (bicyclic) bond motifs is 3. The van der Waals surface area contributed by atoms with Crippen molar-refractivity contribution in [1.29, 1.82) is 5.26 Å². The van der Waals surface area contributed by atoms with Crippen LogP contribution in [0.4, 0.5) is 5.82 Å². The van der Waals surface area contributed by atoms with Gasteiger partial charge in [0, 0.05) is 32.2 Å². The van der Waals surface area contributed by atoms with Crippen LogP contribution in [0.2, 0.25) is 0 Å². The van der Waals surface area contributed by atoms with E-state index in [2.05, 4.69) is 35.3 Å². The number of hydrogen-bond donors (Lipinski definition) is 1. The molecule has 0 bridgehead atoms. The van der Waals surface area contributed by atoms with E-state index in [0.717, 1.165) is 72.6 Å². The summed E-state index contributed by atoms with van der Waals surface area (Å²) in [5.41, 5.74) is 5.61. The van der Waals surface area contributed by atoms with Gasteiger partial charge in [-0.15, -0.1) is 0 Å². The summed E-state index contributed by atoms with van der Waals surface area (Å²) in [5.74, 6) is 1.37. The van der Waals surface area contributed by atoms with E-state index in [4.69, 9.17) is 9.72 Å². The molecule has 2 fully saturated rings. The lowest BCUT2D eigenvalue weighted by Gasteiger charge is -2.40. The second-order valence-corrected chi connectivity index (χ2v) is 9.12. The van der Waals surface area contributed by atoms with Gasteiger partial charge in [0.15, 0.2) is 5.65 Å². The lowest BCUT2D eigenvalue weighted by atomic mass is 9.81. The van der Waals surface area contributed by atoms with E-state index >= 15 is 0 Å². The van der Waals surface area contributed by atoms with Gasteiger partial charge in [-0.05, 0) is 54.9 Å². The Labute approximate surface area is 176 Å². The highest BCUT2D eigenvalue weighted by atomic mass is 16.5. The molecule has 2 aromatic heterocycles. The third-order valence-electron chi connectivity index (χ3n) is 7.11. The van der Waals surface area contributed by atoms with Gasteiger partial charge in [0.2, 0.25) is 0 Å². The highest BCUT2D eigenvalue weighted by Gasteiger charge is 2.34. The van der Waals surface area contributed by atoms with Crippen LogP contribution in [0.15, 0.2) is 24.3 Å². The van der Waals surface area contributed by atoms with Crippen molar-refractivity contribution in [3.05, 3.63) is 41.0 Å². The number of nitrogens with zero attached hydrogens (tertiary/aromatic N) is 4. The monoisotopic (exact) mass is 404 g/mol. The number of aromatic nitrogens is 2. The van der Waals surface area contributed by atoms with Gasteiger partial charge in [0.1, 0.15) is 11.9 Å². The molecule has 0 saturated carbocycles. The Morgan fingerprint density at radius 3 is 2.73 bits per heavy atom. The molecule has 0 radical (unpaired) electrons. The summed E-state index contributed by atoms with van der Waals surface area (Å²) in [5, 5.41) is 20.0. The maximum Gasteiger partial charge on any atom is 0.157 e. The number of hydrogen-bond acceptors (Lipinski definition) is 5. The molecule has 1 atom stereocenters. The minimum atomic E-state index is -0.0186. The minimum Gasteiger partial charge on any atom is -0.396 e. The molecule has 30 heavy (non-hydrogen) atoms. The Hall–Kier alpha value is -2.62. The van der Waals surface area contributed by atoms with Crippen molar-refractivity contribution in [3.63, 3.8) is 0 Å². The van der Waals surface area contributed by atoms with Crippen LogP contribution >= 0.6 is 0 Å². The Balaban J connectivity index is 1.78. The first-order chi connectivity index (χ1) is 14.6. The number of aliphatic hydroxyl groups excluding tert-OH is 1. The second kappa shape index (κ2) is 7.26. The van der Waals surface area contributed by atoms with Crippen LogP contribution in [0.25, 0.3) is 16.7 Å². The molecule has 2 aliphatic rings. The zero-order valence-electron chi connectivity index (χ0n) is 17.7. The van der Waals surface area contributed by atoms with E-state index in [1.807, 2.05) is 18.2 Å². The number of ether oxygens (including phenoxy) is 1. The molecule has 3 aromatic rings. The van der Waals surface area contributed by atoms with Crippen LogP contribution in [-0.4, -0.2) is 47.4 Å². The Bertz CT molecular complexity index is 1150. The number of imidazole rings is 1. The molecule has 1 aromatic carbocycles. The van der Waals surface area contributed by atoms with Crippen LogP contribution in [0.5, 0.6) is 0 Å². The average Bonchev–Trinajstić information content (AvgIpc) is 3.42. The van der Waals surface area contributed by atoms with Crippen LogP contribution in [-0.2, 0) is 4.74 Å². The normalized spacial score (nSPS) is 21.4. The highest BCUT2D eigenvalue weighted by molar-refractivity contribution is 5.86. The number of benzene rings is 1. The van der Waals surface area contributed by atoms with Gasteiger partial charge in [-0.2, -0.15) is 5.26 Å². The molecule has 6 nitrogen and oxygen atoms in total. The highest BCUT2D eigenvalue weighted by Crippen LogP contribution is 2.41. The van der Waals surface area contributed by atoms with Crippen LogP contribution in [0.3, 0.4) is 0 Å². The van der Waals surface area contributed by atoms with Gasteiger partial charge in [-0.3, -0.25) is 4.40 Å². The number of rotatable bonds is 3. The van der Waals surface area contributed by atoms with Gasteiger partial charge in [-0.25, -0.2) is 4.98 Å². The summed E-state index contributed by atoms with van der Waals surface area (Å²) in [6.07, 6.45) is 2.83. The predicted octanol–water partition coefficient (Wildman–Crippen LogP) is 3.77. The van der Waals surface area contributed by atoms with Gasteiger partial charge in [-0.1, -0.05) is 19.1 Å². The molecule has 0 amide bonds.